The monoisotopic (exact) mass is 383 g/mol. The molecule has 1 N–H and O–H groups in total. The molecule has 2 aliphatic heterocycles. The lowest BCUT2D eigenvalue weighted by Gasteiger charge is -2.38. The molecule has 7 nitrogen and oxygen atoms in total. The Bertz CT molecular complexity index is 791. The van der Waals surface area contributed by atoms with Gasteiger partial charge in [0.1, 0.15) is 11.6 Å². The molecule has 4 rings (SSSR count). The number of hydrogen-bond donors (Lipinski definition) is 1. The Labute approximate surface area is 164 Å². The zero-order valence-corrected chi connectivity index (χ0v) is 16.0. The van der Waals surface area contributed by atoms with Crippen molar-refractivity contribution in [2.45, 2.75) is 25.6 Å². The van der Waals surface area contributed by atoms with Crippen molar-refractivity contribution in [1.29, 1.82) is 0 Å². The van der Waals surface area contributed by atoms with Gasteiger partial charge in [0.2, 0.25) is 0 Å². The average molecular weight is 383 g/mol. The summed E-state index contributed by atoms with van der Waals surface area (Å²) in [5, 5.41) is 2.88. The molecule has 1 aromatic carbocycles. The molecule has 0 saturated carbocycles. The van der Waals surface area contributed by atoms with Crippen molar-refractivity contribution in [3.05, 3.63) is 48.2 Å². The number of piperidine rings is 1. The van der Waals surface area contributed by atoms with Crippen LogP contribution in [0.5, 0.6) is 5.75 Å². The highest BCUT2D eigenvalue weighted by Crippen LogP contribution is 2.32. The lowest BCUT2D eigenvalue weighted by molar-refractivity contribution is -0.169. The van der Waals surface area contributed by atoms with E-state index in [1.54, 1.807) is 12.3 Å². The lowest BCUT2D eigenvalue weighted by atomic mass is 10.0. The third-order valence-corrected chi connectivity index (χ3v) is 5.10. The number of benzene rings is 1. The highest BCUT2D eigenvalue weighted by atomic mass is 16.7. The third kappa shape index (κ3) is 4.10. The van der Waals surface area contributed by atoms with Gasteiger partial charge in [0.15, 0.2) is 5.79 Å². The molecule has 0 bridgehead atoms. The molecule has 1 amide bonds. The SMILES string of the molecule is CCOc1ccc(NC(=O)c2ccc(N3CCC4(CC3)OCCO4)nc2)cc1. The summed E-state index contributed by atoms with van der Waals surface area (Å²) in [6, 6.07) is 11.0. The zero-order chi connectivity index (χ0) is 19.4. The maximum absolute atomic E-state index is 12.5. The first-order chi connectivity index (χ1) is 13.7. The molecular weight excluding hydrogens is 358 g/mol. The van der Waals surface area contributed by atoms with Crippen molar-refractivity contribution >= 4 is 17.4 Å². The van der Waals surface area contributed by atoms with E-state index < -0.39 is 5.79 Å². The number of carbonyl (C=O) groups excluding carboxylic acids is 1. The van der Waals surface area contributed by atoms with Gasteiger partial charge in [0, 0.05) is 37.8 Å². The molecule has 2 aliphatic rings. The van der Waals surface area contributed by atoms with Crippen molar-refractivity contribution in [2.24, 2.45) is 0 Å². The van der Waals surface area contributed by atoms with Gasteiger partial charge in [0.25, 0.3) is 5.91 Å². The molecule has 2 saturated heterocycles. The normalized spacial score (nSPS) is 18.2. The Morgan fingerprint density at radius 2 is 1.86 bits per heavy atom. The standard InChI is InChI=1S/C21H25N3O4/c1-2-26-18-6-4-17(5-7-18)23-20(25)16-3-8-19(22-15-16)24-11-9-21(10-12-24)27-13-14-28-21/h3-8,15H,2,9-14H2,1H3,(H,23,25). The summed E-state index contributed by atoms with van der Waals surface area (Å²) in [6.45, 7) is 5.55. The molecule has 2 aromatic rings. The molecule has 3 heterocycles. The van der Waals surface area contributed by atoms with Crippen LogP contribution in [-0.4, -0.2) is 49.6 Å². The topological polar surface area (TPSA) is 72.9 Å². The first-order valence-electron chi connectivity index (χ1n) is 9.71. The fourth-order valence-electron chi connectivity index (χ4n) is 3.57. The molecule has 28 heavy (non-hydrogen) atoms. The maximum atomic E-state index is 12.5. The van der Waals surface area contributed by atoms with Crippen LogP contribution in [0.2, 0.25) is 0 Å². The van der Waals surface area contributed by atoms with Crippen molar-refractivity contribution in [1.82, 2.24) is 4.98 Å². The van der Waals surface area contributed by atoms with Crippen molar-refractivity contribution in [2.75, 3.05) is 43.1 Å². The Balaban J connectivity index is 1.34. The molecule has 0 aliphatic carbocycles. The van der Waals surface area contributed by atoms with Crippen LogP contribution in [0.15, 0.2) is 42.6 Å². The summed E-state index contributed by atoms with van der Waals surface area (Å²) in [4.78, 5) is 19.1. The summed E-state index contributed by atoms with van der Waals surface area (Å²) in [5.41, 5.74) is 1.24. The molecule has 0 unspecified atom stereocenters. The molecule has 0 atom stereocenters. The molecule has 148 valence electrons. The number of amides is 1. The minimum atomic E-state index is -0.395. The van der Waals surface area contributed by atoms with E-state index in [-0.39, 0.29) is 5.91 Å². The van der Waals surface area contributed by atoms with Crippen molar-refractivity contribution in [3.8, 4) is 5.75 Å². The number of hydrogen-bond acceptors (Lipinski definition) is 6. The van der Waals surface area contributed by atoms with Gasteiger partial charge in [-0.15, -0.1) is 0 Å². The Morgan fingerprint density at radius 3 is 2.46 bits per heavy atom. The molecule has 1 aromatic heterocycles. The van der Waals surface area contributed by atoms with Crippen LogP contribution in [-0.2, 0) is 9.47 Å². The van der Waals surface area contributed by atoms with Gasteiger partial charge < -0.3 is 24.4 Å². The number of pyridine rings is 1. The highest BCUT2D eigenvalue weighted by Gasteiger charge is 2.39. The number of ether oxygens (including phenoxy) is 3. The van der Waals surface area contributed by atoms with Gasteiger partial charge in [-0.05, 0) is 43.3 Å². The van der Waals surface area contributed by atoms with Gasteiger partial charge in [-0.1, -0.05) is 0 Å². The summed E-state index contributed by atoms with van der Waals surface area (Å²) in [6.07, 6.45) is 3.27. The fourth-order valence-corrected chi connectivity index (χ4v) is 3.57. The number of anilines is 2. The van der Waals surface area contributed by atoms with Gasteiger partial charge in [-0.3, -0.25) is 4.79 Å². The largest absolute Gasteiger partial charge is 0.494 e. The second-order valence-electron chi connectivity index (χ2n) is 6.91. The van der Waals surface area contributed by atoms with E-state index in [1.165, 1.54) is 0 Å². The van der Waals surface area contributed by atoms with Crippen LogP contribution in [0, 0.1) is 0 Å². The third-order valence-electron chi connectivity index (χ3n) is 5.10. The molecule has 2 fully saturated rings. The van der Waals surface area contributed by atoms with Gasteiger partial charge in [-0.2, -0.15) is 0 Å². The Morgan fingerprint density at radius 1 is 1.14 bits per heavy atom. The molecule has 1 spiro atoms. The number of rotatable bonds is 5. The van der Waals surface area contributed by atoms with E-state index in [0.29, 0.717) is 25.4 Å². The first-order valence-corrected chi connectivity index (χ1v) is 9.71. The summed E-state index contributed by atoms with van der Waals surface area (Å²) >= 11 is 0. The number of carbonyl (C=O) groups is 1. The zero-order valence-electron chi connectivity index (χ0n) is 16.0. The predicted octanol–water partition coefficient (Wildman–Crippen LogP) is 3.08. The molecule has 7 heteroatoms. The van der Waals surface area contributed by atoms with Crippen molar-refractivity contribution in [3.63, 3.8) is 0 Å². The van der Waals surface area contributed by atoms with Crippen LogP contribution in [0.4, 0.5) is 11.5 Å². The summed E-state index contributed by atoms with van der Waals surface area (Å²) in [5.74, 6) is 1.07. The quantitative estimate of drug-likeness (QED) is 0.855. The van der Waals surface area contributed by atoms with Crippen LogP contribution in [0.3, 0.4) is 0 Å². The van der Waals surface area contributed by atoms with E-state index in [1.807, 2.05) is 37.3 Å². The fraction of sp³-hybridized carbons (Fsp3) is 0.429. The van der Waals surface area contributed by atoms with Crippen LogP contribution < -0.4 is 15.0 Å². The van der Waals surface area contributed by atoms with E-state index in [9.17, 15) is 4.79 Å². The lowest BCUT2D eigenvalue weighted by Crippen LogP contribution is -2.45. The second kappa shape index (κ2) is 8.16. The van der Waals surface area contributed by atoms with E-state index >= 15 is 0 Å². The number of nitrogens with zero attached hydrogens (tertiary/aromatic N) is 2. The molecule has 0 radical (unpaired) electrons. The van der Waals surface area contributed by atoms with Crippen LogP contribution >= 0.6 is 0 Å². The smallest absolute Gasteiger partial charge is 0.257 e. The van der Waals surface area contributed by atoms with Crippen LogP contribution in [0.25, 0.3) is 0 Å². The maximum Gasteiger partial charge on any atom is 0.257 e. The Kier molecular flexibility index (Phi) is 5.45. The van der Waals surface area contributed by atoms with Gasteiger partial charge in [0.05, 0.1) is 25.4 Å². The van der Waals surface area contributed by atoms with Gasteiger partial charge in [-0.25, -0.2) is 4.98 Å². The summed E-state index contributed by atoms with van der Waals surface area (Å²) in [7, 11) is 0. The highest BCUT2D eigenvalue weighted by molar-refractivity contribution is 6.04. The average Bonchev–Trinajstić information content (AvgIpc) is 3.18. The van der Waals surface area contributed by atoms with E-state index in [0.717, 1.165) is 43.2 Å². The number of nitrogens with one attached hydrogen (secondary N) is 1. The van der Waals surface area contributed by atoms with Crippen LogP contribution in [0.1, 0.15) is 30.1 Å². The Hall–Kier alpha value is -2.64. The number of aromatic nitrogens is 1. The summed E-state index contributed by atoms with van der Waals surface area (Å²) < 4.78 is 16.9. The van der Waals surface area contributed by atoms with E-state index in [4.69, 9.17) is 14.2 Å². The minimum Gasteiger partial charge on any atom is -0.494 e. The first kappa shape index (κ1) is 18.7. The van der Waals surface area contributed by atoms with Gasteiger partial charge >= 0.3 is 0 Å². The molecular formula is C21H25N3O4. The predicted molar refractivity (Wildman–Crippen MR) is 106 cm³/mol. The van der Waals surface area contributed by atoms with E-state index in [2.05, 4.69) is 15.2 Å². The minimum absolute atomic E-state index is 0.187. The second-order valence-corrected chi connectivity index (χ2v) is 6.91. The van der Waals surface area contributed by atoms with Crippen molar-refractivity contribution < 1.29 is 19.0 Å².